The van der Waals surface area contributed by atoms with Gasteiger partial charge >= 0.3 is 6.09 Å². The average molecular weight is 509 g/mol. The first-order valence-electron chi connectivity index (χ1n) is 12.8. The standard InChI is InChI=1S/C26H36N6O3Si/c1-36(2,3)13-12-35-19-31-16-21(20-14-27-18-28-15-20)23-22(6-9-29-24(23)31)30-10-4-7-26(17-30)8-5-11-32(26)25(33)34/h6,9,14-16,18H,4-5,7-8,10-13,17,19H2,1-3H3,(H,33,34). The Morgan fingerprint density at radius 1 is 1.17 bits per heavy atom. The number of hydrogen-bond donors (Lipinski definition) is 1. The molecular weight excluding hydrogens is 472 g/mol. The third-order valence-electron chi connectivity index (χ3n) is 7.56. The first kappa shape index (κ1) is 24.7. The van der Waals surface area contributed by atoms with Gasteiger partial charge in [-0.1, -0.05) is 19.6 Å². The lowest BCUT2D eigenvalue weighted by Gasteiger charge is -2.45. The second kappa shape index (κ2) is 9.82. The number of ether oxygens (including phenoxy) is 1. The van der Waals surface area contributed by atoms with Crippen molar-refractivity contribution >= 4 is 30.9 Å². The molecule has 10 heteroatoms. The molecule has 1 atom stereocenters. The van der Waals surface area contributed by atoms with Crippen molar-refractivity contribution < 1.29 is 14.6 Å². The summed E-state index contributed by atoms with van der Waals surface area (Å²) < 4.78 is 8.17. The molecule has 2 saturated heterocycles. The van der Waals surface area contributed by atoms with Crippen LogP contribution in [-0.2, 0) is 11.5 Å². The summed E-state index contributed by atoms with van der Waals surface area (Å²) in [7, 11) is -1.18. The fourth-order valence-corrected chi connectivity index (χ4v) is 6.49. The van der Waals surface area contributed by atoms with Gasteiger partial charge in [-0.05, 0) is 37.8 Å². The third kappa shape index (κ3) is 4.84. The minimum atomic E-state index is -1.18. The molecule has 3 aromatic rings. The quantitative estimate of drug-likeness (QED) is 0.357. The Bertz CT molecular complexity index is 1230. The number of fused-ring (bicyclic) bond motifs is 1. The topological polar surface area (TPSA) is 96.6 Å². The van der Waals surface area contributed by atoms with Gasteiger partial charge in [0.1, 0.15) is 18.7 Å². The minimum absolute atomic E-state index is 0.321. The van der Waals surface area contributed by atoms with E-state index in [2.05, 4.69) is 51.3 Å². The Morgan fingerprint density at radius 3 is 2.64 bits per heavy atom. The summed E-state index contributed by atoms with van der Waals surface area (Å²) in [6.45, 7) is 10.4. The number of pyridine rings is 1. The maximum absolute atomic E-state index is 12.0. The molecule has 2 aliphatic rings. The van der Waals surface area contributed by atoms with Crippen LogP contribution in [0.25, 0.3) is 22.2 Å². The largest absolute Gasteiger partial charge is 0.465 e. The van der Waals surface area contributed by atoms with E-state index in [0.29, 0.717) is 19.8 Å². The molecule has 1 spiro atoms. The lowest BCUT2D eigenvalue weighted by atomic mass is 9.86. The first-order valence-corrected chi connectivity index (χ1v) is 16.5. The van der Waals surface area contributed by atoms with Gasteiger partial charge in [0, 0.05) is 70.2 Å². The van der Waals surface area contributed by atoms with Crippen LogP contribution < -0.4 is 4.90 Å². The van der Waals surface area contributed by atoms with Gasteiger partial charge in [-0.25, -0.2) is 19.7 Å². The smallest absolute Gasteiger partial charge is 0.407 e. The van der Waals surface area contributed by atoms with Crippen molar-refractivity contribution in [3.05, 3.63) is 37.2 Å². The van der Waals surface area contributed by atoms with Crippen LogP contribution in [0.4, 0.5) is 10.5 Å². The van der Waals surface area contributed by atoms with E-state index >= 15 is 0 Å². The number of carboxylic acid groups (broad SMARTS) is 1. The van der Waals surface area contributed by atoms with E-state index in [0.717, 1.165) is 72.7 Å². The summed E-state index contributed by atoms with van der Waals surface area (Å²) in [6, 6.07) is 3.17. The molecule has 1 N–H and O–H groups in total. The Balaban J connectivity index is 1.52. The van der Waals surface area contributed by atoms with Crippen LogP contribution in [-0.4, -0.2) is 75.5 Å². The van der Waals surface area contributed by atoms with Crippen molar-refractivity contribution in [1.82, 2.24) is 24.4 Å². The van der Waals surface area contributed by atoms with Gasteiger partial charge in [0.2, 0.25) is 0 Å². The number of anilines is 1. The highest BCUT2D eigenvalue weighted by Crippen LogP contribution is 2.42. The van der Waals surface area contributed by atoms with Crippen molar-refractivity contribution in [2.45, 2.75) is 63.6 Å². The molecule has 0 radical (unpaired) electrons. The highest BCUT2D eigenvalue weighted by molar-refractivity contribution is 6.76. The van der Waals surface area contributed by atoms with E-state index in [-0.39, 0.29) is 5.54 Å². The number of piperidine rings is 1. The Morgan fingerprint density at radius 2 is 1.92 bits per heavy atom. The van der Waals surface area contributed by atoms with Crippen LogP contribution in [0, 0.1) is 0 Å². The van der Waals surface area contributed by atoms with Crippen LogP contribution in [0.5, 0.6) is 0 Å². The SMILES string of the molecule is C[Si](C)(C)CCOCn1cc(-c2cncnc2)c2c(N3CCCC4(CCCN4C(=O)O)C3)ccnc21. The van der Waals surface area contributed by atoms with Crippen LogP contribution >= 0.6 is 0 Å². The molecule has 0 saturated carbocycles. The number of nitrogens with zero attached hydrogens (tertiary/aromatic N) is 6. The molecule has 1 amide bonds. The second-order valence-corrected chi connectivity index (χ2v) is 16.9. The lowest BCUT2D eigenvalue weighted by molar-refractivity contribution is 0.0898. The summed E-state index contributed by atoms with van der Waals surface area (Å²) >= 11 is 0. The second-order valence-electron chi connectivity index (χ2n) is 11.3. The van der Waals surface area contributed by atoms with Gasteiger partial charge in [0.25, 0.3) is 0 Å². The van der Waals surface area contributed by atoms with Gasteiger partial charge in [-0.2, -0.15) is 0 Å². The molecule has 2 aliphatic heterocycles. The van der Waals surface area contributed by atoms with E-state index in [1.807, 2.05) is 18.6 Å². The van der Waals surface area contributed by atoms with Crippen molar-refractivity contribution in [2.75, 3.05) is 31.1 Å². The molecule has 0 bridgehead atoms. The predicted molar refractivity (Wildman–Crippen MR) is 143 cm³/mol. The number of likely N-dealkylation sites (tertiary alicyclic amines) is 1. The molecular formula is C26H36N6O3Si. The minimum Gasteiger partial charge on any atom is -0.465 e. The van der Waals surface area contributed by atoms with Crippen LogP contribution in [0.1, 0.15) is 25.7 Å². The monoisotopic (exact) mass is 508 g/mol. The molecule has 192 valence electrons. The van der Waals surface area contributed by atoms with E-state index in [9.17, 15) is 9.90 Å². The number of rotatable bonds is 7. The summed E-state index contributed by atoms with van der Waals surface area (Å²) in [5.41, 5.74) is 3.57. The predicted octanol–water partition coefficient (Wildman–Crippen LogP) is 4.92. The highest BCUT2D eigenvalue weighted by Gasteiger charge is 2.46. The first-order chi connectivity index (χ1) is 17.3. The molecule has 0 aromatic carbocycles. The van der Waals surface area contributed by atoms with E-state index in [1.54, 1.807) is 4.90 Å². The molecule has 2 fully saturated rings. The van der Waals surface area contributed by atoms with Crippen molar-refractivity contribution in [3.8, 4) is 11.1 Å². The normalized spacial score (nSPS) is 20.5. The molecule has 0 aliphatic carbocycles. The molecule has 36 heavy (non-hydrogen) atoms. The highest BCUT2D eigenvalue weighted by atomic mass is 28.3. The molecule has 5 rings (SSSR count). The maximum atomic E-state index is 12.0. The van der Waals surface area contributed by atoms with Crippen molar-refractivity contribution in [1.29, 1.82) is 0 Å². The fraction of sp³-hybridized carbons (Fsp3) is 0.538. The van der Waals surface area contributed by atoms with Crippen molar-refractivity contribution in [3.63, 3.8) is 0 Å². The fourth-order valence-electron chi connectivity index (χ4n) is 5.74. The van der Waals surface area contributed by atoms with Gasteiger partial charge in [-0.15, -0.1) is 0 Å². The van der Waals surface area contributed by atoms with Crippen LogP contribution in [0.3, 0.4) is 0 Å². The number of amides is 1. The zero-order valence-electron chi connectivity index (χ0n) is 21.5. The van der Waals surface area contributed by atoms with Crippen molar-refractivity contribution in [2.24, 2.45) is 0 Å². The Kier molecular flexibility index (Phi) is 6.73. The number of aromatic nitrogens is 4. The van der Waals surface area contributed by atoms with Gasteiger partial charge in [-0.3, -0.25) is 0 Å². The van der Waals surface area contributed by atoms with Gasteiger partial charge in [0.15, 0.2) is 0 Å². The van der Waals surface area contributed by atoms with Crippen LogP contribution in [0.2, 0.25) is 25.7 Å². The molecule has 5 heterocycles. The summed E-state index contributed by atoms with van der Waals surface area (Å²) in [6.07, 6.45) is 12.0. The zero-order valence-corrected chi connectivity index (χ0v) is 22.5. The summed E-state index contributed by atoms with van der Waals surface area (Å²) in [5.74, 6) is 0. The molecule has 3 aromatic heterocycles. The van der Waals surface area contributed by atoms with E-state index < -0.39 is 14.2 Å². The van der Waals surface area contributed by atoms with E-state index in [1.165, 1.54) is 6.33 Å². The van der Waals surface area contributed by atoms with E-state index in [4.69, 9.17) is 9.72 Å². The number of hydrogen-bond acceptors (Lipinski definition) is 6. The average Bonchev–Trinajstić information content (AvgIpc) is 3.43. The molecule has 9 nitrogen and oxygen atoms in total. The Labute approximate surface area is 213 Å². The summed E-state index contributed by atoms with van der Waals surface area (Å²) in [5, 5.41) is 10.9. The van der Waals surface area contributed by atoms with Gasteiger partial charge < -0.3 is 24.2 Å². The molecule has 1 unspecified atom stereocenters. The summed E-state index contributed by atoms with van der Waals surface area (Å²) in [4.78, 5) is 29.3. The number of carbonyl (C=O) groups is 1. The maximum Gasteiger partial charge on any atom is 0.407 e. The zero-order chi connectivity index (χ0) is 25.3. The Hall–Kier alpha value is -2.98. The van der Waals surface area contributed by atoms with Gasteiger partial charge in [0.05, 0.1) is 16.6 Å². The third-order valence-corrected chi connectivity index (χ3v) is 9.26. The van der Waals surface area contributed by atoms with Crippen LogP contribution in [0.15, 0.2) is 37.2 Å². The lowest BCUT2D eigenvalue weighted by Crippen LogP contribution is -2.57.